The molecule has 1 aliphatic rings. The van der Waals surface area contributed by atoms with E-state index in [1.165, 1.54) is 6.33 Å². The van der Waals surface area contributed by atoms with Gasteiger partial charge in [0.1, 0.15) is 18.0 Å². The first-order valence-corrected chi connectivity index (χ1v) is 7.13. The van der Waals surface area contributed by atoms with Crippen molar-refractivity contribution in [2.75, 3.05) is 17.6 Å². The number of hydrogen-bond donors (Lipinski definition) is 3. The summed E-state index contributed by atoms with van der Waals surface area (Å²) in [6.45, 7) is 0.675. The third-order valence-corrected chi connectivity index (χ3v) is 3.33. The second-order valence-electron chi connectivity index (χ2n) is 5.20. The Hall–Kier alpha value is -2.44. The number of nitrogen functional groups attached to an aromatic ring is 1. The van der Waals surface area contributed by atoms with E-state index in [4.69, 9.17) is 5.73 Å². The van der Waals surface area contributed by atoms with Crippen molar-refractivity contribution in [2.45, 2.75) is 31.7 Å². The van der Waals surface area contributed by atoms with Gasteiger partial charge in [0.2, 0.25) is 5.91 Å². The van der Waals surface area contributed by atoms with Crippen LogP contribution in [0.15, 0.2) is 18.5 Å². The smallest absolute Gasteiger partial charge is 0.220 e. The van der Waals surface area contributed by atoms with Crippen LogP contribution in [0, 0.1) is 0 Å². The molecule has 2 aromatic heterocycles. The summed E-state index contributed by atoms with van der Waals surface area (Å²) in [6, 6.07) is 3.99. The molecule has 1 aliphatic carbocycles. The molecular formula is C14H18N6O. The van der Waals surface area contributed by atoms with Crippen molar-refractivity contribution in [3.8, 4) is 0 Å². The van der Waals surface area contributed by atoms with E-state index in [0.29, 0.717) is 30.5 Å². The van der Waals surface area contributed by atoms with Gasteiger partial charge in [-0.3, -0.25) is 4.79 Å². The molecule has 2 heterocycles. The lowest BCUT2D eigenvalue weighted by atomic mass is 10.2. The van der Waals surface area contributed by atoms with Crippen LogP contribution in [0.1, 0.15) is 25.7 Å². The lowest BCUT2D eigenvalue weighted by molar-refractivity contribution is -0.121. The van der Waals surface area contributed by atoms with Crippen molar-refractivity contribution in [1.29, 1.82) is 0 Å². The van der Waals surface area contributed by atoms with Crippen LogP contribution < -0.4 is 16.4 Å². The van der Waals surface area contributed by atoms with Gasteiger partial charge in [0.15, 0.2) is 5.65 Å². The maximum Gasteiger partial charge on any atom is 0.220 e. The van der Waals surface area contributed by atoms with E-state index in [1.54, 1.807) is 6.07 Å². The van der Waals surface area contributed by atoms with Gasteiger partial charge in [0.05, 0.1) is 5.39 Å². The summed E-state index contributed by atoms with van der Waals surface area (Å²) in [5.74, 6) is 1.28. The number of carbonyl (C=O) groups is 1. The van der Waals surface area contributed by atoms with Gasteiger partial charge in [0.25, 0.3) is 0 Å². The minimum absolute atomic E-state index is 0.126. The Labute approximate surface area is 122 Å². The number of nitrogens with zero attached hydrogens (tertiary/aromatic N) is 3. The maximum atomic E-state index is 11.6. The average Bonchev–Trinajstić information content (AvgIpc) is 3.27. The number of carbonyl (C=O) groups excluding carboxylic acids is 1. The normalized spacial score (nSPS) is 14.1. The predicted octanol–water partition coefficient (Wildman–Crippen LogP) is 1.08. The number of fused-ring (bicyclic) bond motifs is 1. The molecule has 0 saturated heterocycles. The van der Waals surface area contributed by atoms with Crippen LogP contribution in [-0.4, -0.2) is 33.4 Å². The van der Waals surface area contributed by atoms with E-state index in [0.717, 1.165) is 30.5 Å². The number of nitrogens with two attached hydrogens (primary N) is 1. The van der Waals surface area contributed by atoms with Crippen molar-refractivity contribution >= 4 is 28.6 Å². The third-order valence-electron chi connectivity index (χ3n) is 3.33. The van der Waals surface area contributed by atoms with Crippen LogP contribution in [0.25, 0.3) is 11.0 Å². The van der Waals surface area contributed by atoms with E-state index in [2.05, 4.69) is 25.6 Å². The van der Waals surface area contributed by atoms with Gasteiger partial charge >= 0.3 is 0 Å². The minimum Gasteiger partial charge on any atom is -0.384 e. The Kier molecular flexibility index (Phi) is 3.81. The van der Waals surface area contributed by atoms with Gasteiger partial charge in [0, 0.05) is 19.0 Å². The highest BCUT2D eigenvalue weighted by Crippen LogP contribution is 2.19. The first kappa shape index (κ1) is 13.5. The Morgan fingerprint density at radius 3 is 3.00 bits per heavy atom. The van der Waals surface area contributed by atoms with Crippen molar-refractivity contribution < 1.29 is 4.79 Å². The van der Waals surface area contributed by atoms with Gasteiger partial charge in [-0.1, -0.05) is 0 Å². The first-order valence-electron chi connectivity index (χ1n) is 7.13. The van der Waals surface area contributed by atoms with Crippen LogP contribution in [0.5, 0.6) is 0 Å². The largest absolute Gasteiger partial charge is 0.384 e. The molecule has 4 N–H and O–H groups in total. The molecule has 1 saturated carbocycles. The Morgan fingerprint density at radius 2 is 2.19 bits per heavy atom. The van der Waals surface area contributed by atoms with E-state index < -0.39 is 0 Å². The highest BCUT2D eigenvalue weighted by atomic mass is 16.1. The fourth-order valence-electron chi connectivity index (χ4n) is 2.08. The van der Waals surface area contributed by atoms with E-state index in [9.17, 15) is 4.79 Å². The molecule has 110 valence electrons. The van der Waals surface area contributed by atoms with Crippen LogP contribution in [0.4, 0.5) is 11.6 Å². The molecule has 0 radical (unpaired) electrons. The molecule has 0 spiro atoms. The number of amides is 1. The molecule has 1 fully saturated rings. The first-order chi connectivity index (χ1) is 10.2. The molecule has 0 aliphatic heterocycles. The fraction of sp³-hybridized carbons (Fsp3) is 0.429. The Morgan fingerprint density at radius 1 is 1.33 bits per heavy atom. The standard InChI is InChI=1S/C14H18N6O/c15-11-6-5-10-13(17-8-18-14(10)20-11)16-7-1-2-12(21)19-9-3-4-9/h5-6,8-9H,1-4,7H2,(H,19,21)(H3,15,16,17,18,20). The highest BCUT2D eigenvalue weighted by molar-refractivity contribution is 5.87. The zero-order valence-corrected chi connectivity index (χ0v) is 11.7. The van der Waals surface area contributed by atoms with Gasteiger partial charge in [-0.25, -0.2) is 15.0 Å². The SMILES string of the molecule is Nc1ccc2c(NCCCC(=O)NC3CC3)ncnc2n1. The van der Waals surface area contributed by atoms with Crippen LogP contribution in [0.3, 0.4) is 0 Å². The molecule has 0 atom stereocenters. The quantitative estimate of drug-likeness (QED) is 0.686. The van der Waals surface area contributed by atoms with Crippen molar-refractivity contribution in [1.82, 2.24) is 20.3 Å². The molecule has 0 bridgehead atoms. The third kappa shape index (κ3) is 3.56. The van der Waals surface area contributed by atoms with Crippen LogP contribution >= 0.6 is 0 Å². The summed E-state index contributed by atoms with van der Waals surface area (Å²) in [7, 11) is 0. The Balaban J connectivity index is 1.54. The number of hydrogen-bond acceptors (Lipinski definition) is 6. The zero-order chi connectivity index (χ0) is 14.7. The molecule has 0 aromatic carbocycles. The average molecular weight is 286 g/mol. The van der Waals surface area contributed by atoms with E-state index in [-0.39, 0.29) is 5.91 Å². The lowest BCUT2D eigenvalue weighted by Gasteiger charge is -2.08. The monoisotopic (exact) mass is 286 g/mol. The highest BCUT2D eigenvalue weighted by Gasteiger charge is 2.22. The van der Waals surface area contributed by atoms with Crippen molar-refractivity contribution in [3.63, 3.8) is 0 Å². The van der Waals surface area contributed by atoms with Crippen molar-refractivity contribution in [3.05, 3.63) is 18.5 Å². The fourth-order valence-corrected chi connectivity index (χ4v) is 2.08. The Bertz CT molecular complexity index is 655. The summed E-state index contributed by atoms with van der Waals surface area (Å²) in [5, 5.41) is 7.02. The summed E-state index contributed by atoms with van der Waals surface area (Å²) >= 11 is 0. The number of anilines is 2. The van der Waals surface area contributed by atoms with Crippen LogP contribution in [-0.2, 0) is 4.79 Å². The van der Waals surface area contributed by atoms with Gasteiger partial charge in [-0.15, -0.1) is 0 Å². The summed E-state index contributed by atoms with van der Waals surface area (Å²) < 4.78 is 0. The lowest BCUT2D eigenvalue weighted by Crippen LogP contribution is -2.25. The molecule has 21 heavy (non-hydrogen) atoms. The predicted molar refractivity (Wildman–Crippen MR) is 80.6 cm³/mol. The topological polar surface area (TPSA) is 106 Å². The molecule has 7 heteroatoms. The summed E-state index contributed by atoms with van der Waals surface area (Å²) in [6.07, 6.45) is 4.97. The van der Waals surface area contributed by atoms with Gasteiger partial charge in [-0.2, -0.15) is 0 Å². The minimum atomic E-state index is 0.126. The number of nitrogens with one attached hydrogen (secondary N) is 2. The molecule has 2 aromatic rings. The van der Waals surface area contributed by atoms with Crippen LogP contribution in [0.2, 0.25) is 0 Å². The second-order valence-corrected chi connectivity index (χ2v) is 5.20. The van der Waals surface area contributed by atoms with Gasteiger partial charge < -0.3 is 16.4 Å². The van der Waals surface area contributed by atoms with Crippen molar-refractivity contribution in [2.24, 2.45) is 0 Å². The van der Waals surface area contributed by atoms with E-state index in [1.807, 2.05) is 6.07 Å². The number of rotatable bonds is 6. The van der Waals surface area contributed by atoms with Gasteiger partial charge in [-0.05, 0) is 31.4 Å². The summed E-state index contributed by atoms with van der Waals surface area (Å²) in [4.78, 5) is 24.0. The zero-order valence-electron chi connectivity index (χ0n) is 11.7. The molecule has 1 amide bonds. The molecular weight excluding hydrogens is 268 g/mol. The number of aromatic nitrogens is 3. The number of pyridine rings is 1. The molecule has 0 unspecified atom stereocenters. The maximum absolute atomic E-state index is 11.6. The molecule has 7 nitrogen and oxygen atoms in total. The van der Waals surface area contributed by atoms with E-state index >= 15 is 0 Å². The second kappa shape index (κ2) is 5.90. The summed E-state index contributed by atoms with van der Waals surface area (Å²) in [5.41, 5.74) is 6.21. The molecule has 3 rings (SSSR count).